The maximum absolute atomic E-state index is 14.5. The van der Waals surface area contributed by atoms with Crippen molar-refractivity contribution in [2.24, 2.45) is 5.41 Å². The van der Waals surface area contributed by atoms with Gasteiger partial charge in [0.15, 0.2) is 0 Å². The second-order valence-electron chi connectivity index (χ2n) is 15.5. The predicted molar refractivity (Wildman–Crippen MR) is 226 cm³/mol. The molecule has 4 heterocycles. The van der Waals surface area contributed by atoms with Crippen LogP contribution in [0.4, 0.5) is 10.5 Å². The molecular weight excluding hydrogens is 723 g/mol. The minimum absolute atomic E-state index is 0.0304. The second kappa shape index (κ2) is 15.3. The summed E-state index contributed by atoms with van der Waals surface area (Å²) in [6.45, 7) is 5.52. The summed E-state index contributed by atoms with van der Waals surface area (Å²) < 4.78 is 13.9. The van der Waals surface area contributed by atoms with Gasteiger partial charge in [-0.05, 0) is 73.2 Å². The van der Waals surface area contributed by atoms with Crippen LogP contribution < -0.4 is 9.64 Å². The molecule has 9 rings (SSSR count). The molecule has 9 heteroatoms. The molecule has 2 saturated heterocycles. The van der Waals surface area contributed by atoms with Crippen LogP contribution in [0.2, 0.25) is 0 Å². The molecular formula is C49H45N5O4. The lowest BCUT2D eigenvalue weighted by atomic mass is 9.77. The summed E-state index contributed by atoms with van der Waals surface area (Å²) in [4.78, 5) is 35.8. The van der Waals surface area contributed by atoms with E-state index in [0.717, 1.165) is 50.1 Å². The number of ether oxygens (including phenoxy) is 2. The Morgan fingerprint density at radius 1 is 0.759 bits per heavy atom. The number of nitrogens with zero attached hydrogens (tertiary/aromatic N) is 5. The second-order valence-corrected chi connectivity index (χ2v) is 15.5. The normalized spacial score (nSPS) is 16.8. The molecule has 0 aliphatic carbocycles. The molecule has 2 aromatic heterocycles. The van der Waals surface area contributed by atoms with E-state index in [4.69, 9.17) is 14.6 Å². The molecule has 2 aliphatic heterocycles. The first-order valence-corrected chi connectivity index (χ1v) is 20.0. The summed E-state index contributed by atoms with van der Waals surface area (Å²) in [6, 6.07) is 51.3. The molecule has 1 spiro atoms. The molecule has 0 bridgehead atoms. The van der Waals surface area contributed by atoms with Gasteiger partial charge in [-0.25, -0.2) is 14.5 Å². The van der Waals surface area contributed by atoms with Crippen molar-refractivity contribution in [2.75, 3.05) is 24.5 Å². The molecule has 290 valence electrons. The Bertz CT molecular complexity index is 2460. The van der Waals surface area contributed by atoms with Crippen molar-refractivity contribution in [3.63, 3.8) is 0 Å². The fourth-order valence-corrected chi connectivity index (χ4v) is 8.79. The maximum atomic E-state index is 14.5. The Morgan fingerprint density at radius 3 is 1.98 bits per heavy atom. The first-order valence-electron chi connectivity index (χ1n) is 20.0. The summed E-state index contributed by atoms with van der Waals surface area (Å²) in [6.07, 6.45) is 2.55. The van der Waals surface area contributed by atoms with Crippen molar-refractivity contribution >= 4 is 28.6 Å². The number of amides is 2. The minimum Gasteiger partial charge on any atom is -0.475 e. The highest BCUT2D eigenvalue weighted by Gasteiger charge is 2.52. The van der Waals surface area contributed by atoms with E-state index in [2.05, 4.69) is 94.6 Å². The molecule has 2 amide bonds. The standard InChI is InChI=1S/C49H45N5O4/c1-35(2)58-44-31-37(25-28-50-44)45-42-32-41(53-30-27-48(46(53)55)26-29-52(34-48)47(56)57-33-36-15-7-3-8-16-36)23-24-43(42)54(51-45)49(38-17-9-4-10-18-38,39-19-11-5-12-20-39)40-21-13-6-14-22-40/h3-25,28,31-32,35H,26-27,29-30,33-34H2,1-2H3. The lowest BCUT2D eigenvalue weighted by molar-refractivity contribution is -0.124. The van der Waals surface area contributed by atoms with Gasteiger partial charge in [0.1, 0.15) is 17.8 Å². The lowest BCUT2D eigenvalue weighted by Crippen LogP contribution is -2.39. The molecule has 58 heavy (non-hydrogen) atoms. The molecule has 0 radical (unpaired) electrons. The van der Waals surface area contributed by atoms with E-state index in [1.807, 2.05) is 85.5 Å². The van der Waals surface area contributed by atoms with E-state index in [0.29, 0.717) is 38.4 Å². The molecule has 5 aromatic carbocycles. The van der Waals surface area contributed by atoms with Crippen molar-refractivity contribution in [2.45, 2.75) is 44.9 Å². The lowest BCUT2D eigenvalue weighted by Gasteiger charge is -2.37. The maximum Gasteiger partial charge on any atom is 0.410 e. The minimum atomic E-state index is -0.873. The van der Waals surface area contributed by atoms with Crippen LogP contribution in [0.15, 0.2) is 158 Å². The Balaban J connectivity index is 1.15. The first kappa shape index (κ1) is 36.9. The summed E-state index contributed by atoms with van der Waals surface area (Å²) in [5.41, 5.74) is 5.82. The Labute approximate surface area is 338 Å². The van der Waals surface area contributed by atoms with E-state index in [1.165, 1.54) is 0 Å². The molecule has 1 atom stereocenters. The number of rotatable bonds is 10. The van der Waals surface area contributed by atoms with Gasteiger partial charge in [0, 0.05) is 48.5 Å². The van der Waals surface area contributed by atoms with Crippen LogP contribution in [0, 0.1) is 5.41 Å². The number of aromatic nitrogens is 3. The van der Waals surface area contributed by atoms with Gasteiger partial charge in [-0.3, -0.25) is 4.79 Å². The fraction of sp³-hybridized carbons (Fsp3) is 0.224. The highest BCUT2D eigenvalue weighted by atomic mass is 16.6. The van der Waals surface area contributed by atoms with Gasteiger partial charge in [-0.2, -0.15) is 5.10 Å². The third-order valence-electron chi connectivity index (χ3n) is 11.6. The zero-order valence-corrected chi connectivity index (χ0v) is 32.7. The number of hydrogen-bond acceptors (Lipinski definition) is 6. The molecule has 1 unspecified atom stereocenters. The molecule has 2 aliphatic rings. The van der Waals surface area contributed by atoms with Crippen LogP contribution >= 0.6 is 0 Å². The van der Waals surface area contributed by atoms with Gasteiger partial charge in [0.25, 0.3) is 0 Å². The highest BCUT2D eigenvalue weighted by molar-refractivity contribution is 6.04. The SMILES string of the molecule is CC(C)Oc1cc(-c2nn(C(c3ccccc3)(c3ccccc3)c3ccccc3)c3ccc(N4CCC5(CCN(C(=O)OCc6ccccc6)C5)C4=O)cc23)ccn1. The van der Waals surface area contributed by atoms with Crippen LogP contribution in [0.5, 0.6) is 5.88 Å². The van der Waals surface area contributed by atoms with E-state index >= 15 is 0 Å². The zero-order chi connectivity index (χ0) is 39.7. The topological polar surface area (TPSA) is 89.8 Å². The van der Waals surface area contributed by atoms with Gasteiger partial charge in [0.2, 0.25) is 11.8 Å². The predicted octanol–water partition coefficient (Wildman–Crippen LogP) is 9.49. The van der Waals surface area contributed by atoms with E-state index in [9.17, 15) is 9.59 Å². The molecule has 0 N–H and O–H groups in total. The number of pyridine rings is 1. The molecule has 7 aromatic rings. The summed E-state index contributed by atoms with van der Waals surface area (Å²) in [5.74, 6) is 0.541. The van der Waals surface area contributed by atoms with Crippen molar-refractivity contribution in [1.29, 1.82) is 0 Å². The number of likely N-dealkylation sites (tertiary alicyclic amines) is 1. The third-order valence-corrected chi connectivity index (χ3v) is 11.6. The van der Waals surface area contributed by atoms with Gasteiger partial charge < -0.3 is 19.3 Å². The number of fused-ring (bicyclic) bond motifs is 1. The molecule has 2 fully saturated rings. The smallest absolute Gasteiger partial charge is 0.410 e. The van der Waals surface area contributed by atoms with Crippen LogP contribution in [-0.4, -0.2) is 57.4 Å². The number of anilines is 1. The number of carbonyl (C=O) groups excluding carboxylic acids is 2. The van der Waals surface area contributed by atoms with Crippen molar-refractivity contribution in [3.05, 3.63) is 180 Å². The van der Waals surface area contributed by atoms with Gasteiger partial charge >= 0.3 is 6.09 Å². The van der Waals surface area contributed by atoms with Gasteiger partial charge in [-0.1, -0.05) is 121 Å². The van der Waals surface area contributed by atoms with Crippen LogP contribution in [0.1, 0.15) is 48.9 Å². The average Bonchev–Trinajstić information content (AvgIpc) is 3.97. The number of carbonyl (C=O) groups is 2. The summed E-state index contributed by atoms with van der Waals surface area (Å²) in [7, 11) is 0. The van der Waals surface area contributed by atoms with Gasteiger partial charge in [0.05, 0.1) is 17.0 Å². The summed E-state index contributed by atoms with van der Waals surface area (Å²) >= 11 is 0. The Kier molecular flexibility index (Phi) is 9.73. The van der Waals surface area contributed by atoms with Crippen molar-refractivity contribution in [3.8, 4) is 17.1 Å². The highest BCUT2D eigenvalue weighted by Crippen LogP contribution is 2.47. The van der Waals surface area contributed by atoms with Gasteiger partial charge in [-0.15, -0.1) is 0 Å². The Hall–Kier alpha value is -6.74. The third kappa shape index (κ3) is 6.56. The largest absolute Gasteiger partial charge is 0.475 e. The van der Waals surface area contributed by atoms with Crippen molar-refractivity contribution in [1.82, 2.24) is 19.7 Å². The first-order chi connectivity index (χ1) is 28.4. The van der Waals surface area contributed by atoms with Crippen LogP contribution in [0.25, 0.3) is 22.2 Å². The van der Waals surface area contributed by atoms with E-state index in [-0.39, 0.29) is 24.7 Å². The fourth-order valence-electron chi connectivity index (χ4n) is 8.79. The number of benzene rings is 5. The van der Waals surface area contributed by atoms with Crippen LogP contribution in [-0.2, 0) is 21.7 Å². The van der Waals surface area contributed by atoms with E-state index < -0.39 is 11.0 Å². The van der Waals surface area contributed by atoms with E-state index in [1.54, 1.807) is 11.1 Å². The summed E-state index contributed by atoms with van der Waals surface area (Å²) in [5, 5.41) is 6.47. The molecule has 9 nitrogen and oxygen atoms in total. The Morgan fingerprint density at radius 2 is 1.36 bits per heavy atom. The number of hydrogen-bond donors (Lipinski definition) is 0. The van der Waals surface area contributed by atoms with Crippen LogP contribution in [0.3, 0.4) is 0 Å². The average molecular weight is 768 g/mol. The monoisotopic (exact) mass is 767 g/mol. The zero-order valence-electron chi connectivity index (χ0n) is 32.7. The van der Waals surface area contributed by atoms with Crippen molar-refractivity contribution < 1.29 is 19.1 Å². The quantitative estimate of drug-likeness (QED) is 0.129. The molecule has 0 saturated carbocycles.